The highest BCUT2D eigenvalue weighted by Crippen LogP contribution is 2.28. The molecule has 4 heterocycles. The van der Waals surface area contributed by atoms with E-state index in [2.05, 4.69) is 15.4 Å². The van der Waals surface area contributed by atoms with E-state index in [1.165, 1.54) is 0 Å². The Hall–Kier alpha value is -1.95. The first-order valence-corrected chi connectivity index (χ1v) is 8.43. The van der Waals surface area contributed by atoms with E-state index in [1.807, 2.05) is 24.9 Å². The van der Waals surface area contributed by atoms with E-state index in [9.17, 15) is 4.79 Å². The van der Waals surface area contributed by atoms with E-state index in [4.69, 9.17) is 0 Å². The summed E-state index contributed by atoms with van der Waals surface area (Å²) in [6.07, 6.45) is 3.96. The van der Waals surface area contributed by atoms with Crippen molar-refractivity contribution < 1.29 is 4.79 Å². The highest BCUT2D eigenvalue weighted by molar-refractivity contribution is 6.05. The normalized spacial score (nSPS) is 24.7. The van der Waals surface area contributed by atoms with Crippen LogP contribution in [0.5, 0.6) is 0 Å². The summed E-state index contributed by atoms with van der Waals surface area (Å²) in [5, 5.41) is 8.60. The van der Waals surface area contributed by atoms with Crippen molar-refractivity contribution in [2.45, 2.75) is 19.8 Å². The second-order valence-electron chi connectivity index (χ2n) is 6.86. The fourth-order valence-corrected chi connectivity index (χ4v) is 4.01. The molecule has 2 aromatic heterocycles. The Balaban J connectivity index is 1.64. The quantitative estimate of drug-likeness (QED) is 0.863. The largest absolute Gasteiger partial charge is 0.339 e. The number of fused-ring (bicyclic) bond motifs is 2. The van der Waals surface area contributed by atoms with Gasteiger partial charge in [-0.25, -0.2) is 4.98 Å². The van der Waals surface area contributed by atoms with Gasteiger partial charge < -0.3 is 10.2 Å². The number of amides is 1. The van der Waals surface area contributed by atoms with Gasteiger partial charge in [0.15, 0.2) is 5.65 Å². The Kier molecular flexibility index (Phi) is 3.56. The first kappa shape index (κ1) is 14.6. The van der Waals surface area contributed by atoms with Crippen LogP contribution in [-0.2, 0) is 7.05 Å². The zero-order chi connectivity index (χ0) is 16.0. The Morgan fingerprint density at radius 2 is 1.96 bits per heavy atom. The molecule has 1 N–H and O–H groups in total. The topological polar surface area (TPSA) is 63.1 Å². The summed E-state index contributed by atoms with van der Waals surface area (Å²) in [6.45, 7) is 5.85. The molecule has 0 unspecified atom stereocenters. The Labute approximate surface area is 135 Å². The average Bonchev–Trinajstić information content (AvgIpc) is 3.08. The number of hydrogen-bond acceptors (Lipinski definition) is 4. The van der Waals surface area contributed by atoms with Crippen LogP contribution in [0, 0.1) is 18.8 Å². The number of nitrogens with one attached hydrogen (secondary N) is 1. The minimum absolute atomic E-state index is 0.126. The number of pyridine rings is 1. The standard InChI is InChI=1S/C17H23N5O/c1-11-7-14(15-10-19-21(2)16(15)20-11)17(23)22-5-3-12-8-18-9-13(12)4-6-22/h7,10,12-13,18H,3-6,8-9H2,1-2H3/t12-,13+. The molecule has 2 atom stereocenters. The summed E-state index contributed by atoms with van der Waals surface area (Å²) in [7, 11) is 1.86. The number of carbonyl (C=O) groups excluding carboxylic acids is 1. The summed E-state index contributed by atoms with van der Waals surface area (Å²) in [5.41, 5.74) is 2.38. The third-order valence-corrected chi connectivity index (χ3v) is 5.37. The van der Waals surface area contributed by atoms with Crippen LogP contribution in [0.3, 0.4) is 0 Å². The summed E-state index contributed by atoms with van der Waals surface area (Å²) in [4.78, 5) is 19.6. The van der Waals surface area contributed by atoms with Crippen LogP contribution in [-0.4, -0.2) is 51.8 Å². The van der Waals surface area contributed by atoms with Crippen molar-refractivity contribution in [3.05, 3.63) is 23.5 Å². The van der Waals surface area contributed by atoms with Crippen molar-refractivity contribution >= 4 is 16.9 Å². The lowest BCUT2D eigenvalue weighted by Gasteiger charge is -2.21. The minimum atomic E-state index is 0.126. The molecular formula is C17H23N5O. The highest BCUT2D eigenvalue weighted by Gasteiger charge is 2.32. The smallest absolute Gasteiger partial charge is 0.254 e. The van der Waals surface area contributed by atoms with Gasteiger partial charge in [0.05, 0.1) is 17.1 Å². The van der Waals surface area contributed by atoms with Crippen LogP contribution in [0.25, 0.3) is 11.0 Å². The molecule has 6 nitrogen and oxygen atoms in total. The average molecular weight is 313 g/mol. The number of rotatable bonds is 1. The maximum absolute atomic E-state index is 13.1. The molecule has 2 aliphatic rings. The first-order chi connectivity index (χ1) is 11.1. The second-order valence-corrected chi connectivity index (χ2v) is 6.86. The fraction of sp³-hybridized carbons (Fsp3) is 0.588. The van der Waals surface area contributed by atoms with Gasteiger partial charge in [0.1, 0.15) is 0 Å². The predicted molar refractivity (Wildman–Crippen MR) is 88.2 cm³/mol. The molecule has 6 heteroatoms. The lowest BCUT2D eigenvalue weighted by atomic mass is 9.92. The summed E-state index contributed by atoms with van der Waals surface area (Å²) >= 11 is 0. The molecule has 2 aromatic rings. The molecule has 2 aliphatic heterocycles. The third kappa shape index (κ3) is 2.51. The molecule has 0 aliphatic carbocycles. The summed E-state index contributed by atoms with van der Waals surface area (Å²) in [6, 6.07) is 1.90. The lowest BCUT2D eigenvalue weighted by Crippen LogP contribution is -2.33. The summed E-state index contributed by atoms with van der Waals surface area (Å²) in [5.74, 6) is 1.58. The van der Waals surface area contributed by atoms with Gasteiger partial charge in [-0.2, -0.15) is 5.10 Å². The molecular weight excluding hydrogens is 290 g/mol. The fourth-order valence-electron chi connectivity index (χ4n) is 4.01. The third-order valence-electron chi connectivity index (χ3n) is 5.37. The van der Waals surface area contributed by atoms with Gasteiger partial charge in [0.2, 0.25) is 0 Å². The number of aryl methyl sites for hydroxylation is 2. The molecule has 4 rings (SSSR count). The molecule has 0 spiro atoms. The van der Waals surface area contributed by atoms with Gasteiger partial charge in [-0.3, -0.25) is 9.48 Å². The molecule has 0 bridgehead atoms. The molecule has 122 valence electrons. The van der Waals surface area contributed by atoms with Gasteiger partial charge >= 0.3 is 0 Å². The number of nitrogens with zero attached hydrogens (tertiary/aromatic N) is 4. The van der Waals surface area contributed by atoms with Gasteiger partial charge in [0.25, 0.3) is 5.91 Å². The SMILES string of the molecule is Cc1cc(C(=O)N2CC[C@@H]3CNC[C@@H]3CC2)c2cnn(C)c2n1. The van der Waals surface area contributed by atoms with Crippen molar-refractivity contribution in [3.63, 3.8) is 0 Å². The van der Waals surface area contributed by atoms with Gasteiger partial charge in [-0.15, -0.1) is 0 Å². The van der Waals surface area contributed by atoms with Crippen LogP contribution >= 0.6 is 0 Å². The minimum Gasteiger partial charge on any atom is -0.339 e. The Morgan fingerprint density at radius 3 is 2.65 bits per heavy atom. The van der Waals surface area contributed by atoms with Crippen LogP contribution < -0.4 is 5.32 Å². The van der Waals surface area contributed by atoms with Crippen LogP contribution in [0.2, 0.25) is 0 Å². The first-order valence-electron chi connectivity index (χ1n) is 8.43. The van der Waals surface area contributed by atoms with Crippen LogP contribution in [0.1, 0.15) is 28.9 Å². The van der Waals surface area contributed by atoms with E-state index in [0.29, 0.717) is 0 Å². The molecule has 2 fully saturated rings. The van der Waals surface area contributed by atoms with Gasteiger partial charge in [-0.1, -0.05) is 0 Å². The summed E-state index contributed by atoms with van der Waals surface area (Å²) < 4.78 is 1.73. The molecule has 1 amide bonds. The van der Waals surface area contributed by atoms with Crippen molar-refractivity contribution in [2.75, 3.05) is 26.2 Å². The van der Waals surface area contributed by atoms with Crippen LogP contribution in [0.4, 0.5) is 0 Å². The molecule has 23 heavy (non-hydrogen) atoms. The van der Waals surface area contributed by atoms with E-state index < -0.39 is 0 Å². The van der Waals surface area contributed by atoms with E-state index in [1.54, 1.807) is 10.9 Å². The molecule has 0 saturated carbocycles. The van der Waals surface area contributed by atoms with E-state index in [0.717, 1.165) is 73.1 Å². The van der Waals surface area contributed by atoms with E-state index in [-0.39, 0.29) is 5.91 Å². The number of likely N-dealkylation sites (tertiary alicyclic amines) is 1. The second kappa shape index (κ2) is 5.60. The van der Waals surface area contributed by atoms with Gasteiger partial charge in [-0.05, 0) is 50.8 Å². The number of carbonyl (C=O) groups is 1. The zero-order valence-corrected chi connectivity index (χ0v) is 13.7. The highest BCUT2D eigenvalue weighted by atomic mass is 16.2. The van der Waals surface area contributed by atoms with Crippen molar-refractivity contribution in [2.24, 2.45) is 18.9 Å². The van der Waals surface area contributed by atoms with Crippen molar-refractivity contribution in [3.8, 4) is 0 Å². The van der Waals surface area contributed by atoms with E-state index >= 15 is 0 Å². The maximum atomic E-state index is 13.1. The molecule has 0 radical (unpaired) electrons. The van der Waals surface area contributed by atoms with Crippen molar-refractivity contribution in [1.82, 2.24) is 25.0 Å². The maximum Gasteiger partial charge on any atom is 0.254 e. The predicted octanol–water partition coefficient (Wildman–Crippen LogP) is 1.35. The number of aromatic nitrogens is 3. The lowest BCUT2D eigenvalue weighted by molar-refractivity contribution is 0.0760. The Bertz CT molecular complexity index is 739. The van der Waals surface area contributed by atoms with Gasteiger partial charge in [0, 0.05) is 25.8 Å². The molecule has 0 aromatic carbocycles. The Morgan fingerprint density at radius 1 is 1.26 bits per heavy atom. The van der Waals surface area contributed by atoms with Crippen molar-refractivity contribution in [1.29, 1.82) is 0 Å². The number of hydrogen-bond donors (Lipinski definition) is 1. The molecule has 2 saturated heterocycles. The zero-order valence-electron chi connectivity index (χ0n) is 13.7. The van der Waals surface area contributed by atoms with Crippen LogP contribution in [0.15, 0.2) is 12.3 Å². The monoisotopic (exact) mass is 313 g/mol.